The first-order valence-corrected chi connectivity index (χ1v) is 11.6. The number of anilines is 4. The third kappa shape index (κ3) is 6.22. The van der Waals surface area contributed by atoms with Gasteiger partial charge in [-0.15, -0.1) is 0 Å². The number of hydrogen-bond acceptors (Lipinski definition) is 8. The summed E-state index contributed by atoms with van der Waals surface area (Å²) in [6, 6.07) is 8.08. The van der Waals surface area contributed by atoms with E-state index in [0.717, 1.165) is 67.8 Å². The third-order valence-electron chi connectivity index (χ3n) is 5.02. The fraction of sp³-hybridized carbons (Fsp3) is 0.429. The molecule has 4 rings (SSSR count). The molecular formula is C21H27BrN8O2. The van der Waals surface area contributed by atoms with Gasteiger partial charge in [-0.3, -0.25) is 0 Å². The second-order valence-electron chi connectivity index (χ2n) is 7.46. The Morgan fingerprint density at radius 2 is 1.97 bits per heavy atom. The van der Waals surface area contributed by atoms with Crippen LogP contribution in [0.15, 0.2) is 39.9 Å². The standard InChI is InChI=1S/C21H27BrN8O2/c22-17-14-26-19(29-18(17)23-7-4-8-24-20-25-9-12-32-20)27-15-5-3-6-16(13-15)28-21(31)30-10-1-2-11-30/h3,5-6,13-14H,1-2,4,7-12H2,(H,24,25)(H,28,31)(H2,23,26,27,29). The third-order valence-corrected chi connectivity index (χ3v) is 5.60. The van der Waals surface area contributed by atoms with E-state index in [9.17, 15) is 4.79 Å². The van der Waals surface area contributed by atoms with E-state index in [0.29, 0.717) is 24.4 Å². The van der Waals surface area contributed by atoms with Crippen molar-refractivity contribution >= 4 is 51.1 Å². The lowest BCUT2D eigenvalue weighted by molar-refractivity contribution is 0.222. The van der Waals surface area contributed by atoms with E-state index in [2.05, 4.69) is 52.2 Å². The minimum absolute atomic E-state index is 0.0629. The Bertz CT molecular complexity index is 965. The van der Waals surface area contributed by atoms with Crippen LogP contribution < -0.4 is 21.3 Å². The Hall–Kier alpha value is -3.08. The Balaban J connectivity index is 1.29. The highest BCUT2D eigenvalue weighted by Crippen LogP contribution is 2.23. The van der Waals surface area contributed by atoms with E-state index >= 15 is 0 Å². The Labute approximate surface area is 195 Å². The van der Waals surface area contributed by atoms with E-state index in [-0.39, 0.29) is 6.03 Å². The number of carbonyl (C=O) groups is 1. The molecule has 0 atom stereocenters. The number of carbonyl (C=O) groups excluding carboxylic acids is 1. The number of ether oxygens (including phenoxy) is 1. The minimum atomic E-state index is -0.0629. The molecular weight excluding hydrogens is 476 g/mol. The summed E-state index contributed by atoms with van der Waals surface area (Å²) in [4.78, 5) is 27.2. The molecule has 32 heavy (non-hydrogen) atoms. The van der Waals surface area contributed by atoms with Crippen LogP contribution in [0.2, 0.25) is 0 Å². The van der Waals surface area contributed by atoms with Crippen LogP contribution >= 0.6 is 15.9 Å². The van der Waals surface area contributed by atoms with Crippen molar-refractivity contribution < 1.29 is 9.53 Å². The molecule has 2 amide bonds. The van der Waals surface area contributed by atoms with Gasteiger partial charge in [0, 0.05) is 43.8 Å². The first-order chi connectivity index (χ1) is 15.7. The Kier molecular flexibility index (Phi) is 7.59. The number of rotatable bonds is 8. The summed E-state index contributed by atoms with van der Waals surface area (Å²) in [7, 11) is 0. The Morgan fingerprint density at radius 3 is 2.78 bits per heavy atom. The largest absolute Gasteiger partial charge is 0.463 e. The number of likely N-dealkylation sites (tertiary alicyclic amines) is 1. The van der Waals surface area contributed by atoms with E-state index in [1.54, 1.807) is 6.20 Å². The molecule has 2 aliphatic rings. The van der Waals surface area contributed by atoms with E-state index < -0.39 is 0 Å². The average Bonchev–Trinajstić information content (AvgIpc) is 3.50. The molecule has 0 saturated carbocycles. The quantitative estimate of drug-likeness (QED) is 0.408. The van der Waals surface area contributed by atoms with E-state index in [1.165, 1.54) is 0 Å². The van der Waals surface area contributed by atoms with E-state index in [4.69, 9.17) is 4.74 Å². The van der Waals surface area contributed by atoms with Gasteiger partial charge >= 0.3 is 6.03 Å². The number of nitrogens with one attached hydrogen (secondary N) is 4. The number of aliphatic imine (C=N–C) groups is 1. The maximum absolute atomic E-state index is 12.3. The number of aromatic nitrogens is 2. The first-order valence-electron chi connectivity index (χ1n) is 10.8. The van der Waals surface area contributed by atoms with Crippen LogP contribution in [0.1, 0.15) is 19.3 Å². The summed E-state index contributed by atoms with van der Waals surface area (Å²) >= 11 is 3.49. The molecule has 3 heterocycles. The molecule has 2 aromatic rings. The van der Waals surface area contributed by atoms with Crippen LogP contribution in [0, 0.1) is 0 Å². The van der Waals surface area contributed by atoms with Crippen molar-refractivity contribution in [2.75, 3.05) is 55.3 Å². The number of hydrogen-bond donors (Lipinski definition) is 4. The number of nitrogens with zero attached hydrogens (tertiary/aromatic N) is 4. The summed E-state index contributed by atoms with van der Waals surface area (Å²) in [5.74, 6) is 1.17. The fourth-order valence-electron chi connectivity index (χ4n) is 3.41. The van der Waals surface area contributed by atoms with Gasteiger partial charge < -0.3 is 30.9 Å². The number of halogens is 1. The van der Waals surface area contributed by atoms with Gasteiger partial charge in [0.2, 0.25) is 5.95 Å². The summed E-state index contributed by atoms with van der Waals surface area (Å²) in [6.45, 7) is 4.48. The maximum Gasteiger partial charge on any atom is 0.321 e. The van der Waals surface area contributed by atoms with Crippen molar-refractivity contribution in [1.29, 1.82) is 0 Å². The number of amidine groups is 1. The lowest BCUT2D eigenvalue weighted by Crippen LogP contribution is -2.32. The second-order valence-corrected chi connectivity index (χ2v) is 8.32. The molecule has 1 aromatic heterocycles. The summed E-state index contributed by atoms with van der Waals surface area (Å²) in [6.07, 6.45) is 4.70. The maximum atomic E-state index is 12.3. The minimum Gasteiger partial charge on any atom is -0.463 e. The van der Waals surface area contributed by atoms with Crippen molar-refractivity contribution in [2.24, 2.45) is 4.99 Å². The number of amides is 2. The molecule has 0 spiro atoms. The van der Waals surface area contributed by atoms with Crippen LogP contribution in [-0.4, -0.2) is 66.3 Å². The van der Waals surface area contributed by atoms with Gasteiger partial charge in [0.1, 0.15) is 12.4 Å². The smallest absolute Gasteiger partial charge is 0.321 e. The summed E-state index contributed by atoms with van der Waals surface area (Å²) in [5, 5.41) is 12.6. The molecule has 4 N–H and O–H groups in total. The monoisotopic (exact) mass is 502 g/mol. The first kappa shape index (κ1) is 22.1. The molecule has 0 radical (unpaired) electrons. The molecule has 0 bridgehead atoms. The molecule has 10 nitrogen and oxygen atoms in total. The van der Waals surface area contributed by atoms with Crippen molar-refractivity contribution in [3.63, 3.8) is 0 Å². The lowest BCUT2D eigenvalue weighted by atomic mass is 10.3. The normalized spacial score (nSPS) is 15.2. The van der Waals surface area contributed by atoms with Crippen molar-refractivity contribution in [2.45, 2.75) is 19.3 Å². The number of benzene rings is 1. The zero-order valence-electron chi connectivity index (χ0n) is 17.7. The van der Waals surface area contributed by atoms with Crippen LogP contribution in [0.5, 0.6) is 0 Å². The molecule has 0 aliphatic carbocycles. The average molecular weight is 503 g/mol. The predicted octanol–water partition coefficient (Wildman–Crippen LogP) is 3.39. The Morgan fingerprint density at radius 1 is 1.16 bits per heavy atom. The molecule has 170 valence electrons. The second kappa shape index (κ2) is 11.0. The highest BCUT2D eigenvalue weighted by atomic mass is 79.9. The number of urea groups is 1. The van der Waals surface area contributed by atoms with Crippen LogP contribution in [0.4, 0.5) is 27.9 Å². The molecule has 0 unspecified atom stereocenters. The predicted molar refractivity (Wildman–Crippen MR) is 129 cm³/mol. The van der Waals surface area contributed by atoms with E-state index in [1.807, 2.05) is 29.2 Å². The molecule has 11 heteroatoms. The molecule has 2 aliphatic heterocycles. The van der Waals surface area contributed by atoms with Crippen molar-refractivity contribution in [3.8, 4) is 0 Å². The molecule has 1 fully saturated rings. The zero-order chi connectivity index (χ0) is 22.2. The highest BCUT2D eigenvalue weighted by Gasteiger charge is 2.17. The zero-order valence-corrected chi connectivity index (χ0v) is 19.3. The van der Waals surface area contributed by atoms with Gasteiger partial charge in [-0.2, -0.15) is 4.98 Å². The van der Waals surface area contributed by atoms with Crippen LogP contribution in [0.3, 0.4) is 0 Å². The van der Waals surface area contributed by atoms with Crippen LogP contribution in [-0.2, 0) is 4.74 Å². The van der Waals surface area contributed by atoms with Gasteiger partial charge in [-0.05, 0) is 53.4 Å². The van der Waals surface area contributed by atoms with Crippen molar-refractivity contribution in [3.05, 3.63) is 34.9 Å². The summed E-state index contributed by atoms with van der Waals surface area (Å²) < 4.78 is 6.10. The molecule has 1 aromatic carbocycles. The molecule has 1 saturated heterocycles. The van der Waals surface area contributed by atoms with Gasteiger partial charge in [-0.25, -0.2) is 14.8 Å². The lowest BCUT2D eigenvalue weighted by Gasteiger charge is -2.16. The van der Waals surface area contributed by atoms with Gasteiger partial charge in [-0.1, -0.05) is 6.07 Å². The summed E-state index contributed by atoms with van der Waals surface area (Å²) in [5.41, 5.74) is 1.52. The fourth-order valence-corrected chi connectivity index (χ4v) is 3.74. The van der Waals surface area contributed by atoms with Crippen LogP contribution in [0.25, 0.3) is 0 Å². The SMILES string of the molecule is O=C(Nc1cccc(Nc2ncc(Br)c(NCCCNC3=NCCO3)n2)c1)N1CCCC1. The highest BCUT2D eigenvalue weighted by molar-refractivity contribution is 9.10. The van der Waals surface area contributed by atoms with Gasteiger partial charge in [0.15, 0.2) is 0 Å². The van der Waals surface area contributed by atoms with Crippen molar-refractivity contribution in [1.82, 2.24) is 20.2 Å². The van der Waals surface area contributed by atoms with Gasteiger partial charge in [0.25, 0.3) is 6.02 Å². The topological polar surface area (TPSA) is 116 Å². The van der Waals surface area contributed by atoms with Gasteiger partial charge in [0.05, 0.1) is 11.0 Å².